The lowest BCUT2D eigenvalue weighted by Crippen LogP contribution is -2.38. The molecule has 0 saturated carbocycles. The molecule has 0 aliphatic carbocycles. The zero-order chi connectivity index (χ0) is 14.2. The van der Waals surface area contributed by atoms with Crippen LogP contribution in [-0.2, 0) is 16.1 Å². The number of amides is 1. The SMILES string of the molecule is CN1CCC(CNC(=O)COCc2ccccc2)CC1. The van der Waals surface area contributed by atoms with Crippen molar-refractivity contribution in [2.24, 2.45) is 5.92 Å². The average molecular weight is 276 g/mol. The van der Waals surface area contributed by atoms with Crippen LogP contribution in [0.1, 0.15) is 18.4 Å². The van der Waals surface area contributed by atoms with Gasteiger partial charge in [-0.2, -0.15) is 0 Å². The summed E-state index contributed by atoms with van der Waals surface area (Å²) >= 11 is 0. The molecule has 0 spiro atoms. The van der Waals surface area contributed by atoms with Crippen LogP contribution in [0.2, 0.25) is 0 Å². The molecule has 20 heavy (non-hydrogen) atoms. The topological polar surface area (TPSA) is 41.6 Å². The number of rotatable bonds is 6. The number of hydrogen-bond donors (Lipinski definition) is 1. The average Bonchev–Trinajstić information content (AvgIpc) is 2.48. The van der Waals surface area contributed by atoms with Crippen LogP contribution in [-0.4, -0.2) is 44.1 Å². The van der Waals surface area contributed by atoms with Gasteiger partial charge in [0.1, 0.15) is 6.61 Å². The van der Waals surface area contributed by atoms with E-state index in [2.05, 4.69) is 17.3 Å². The fraction of sp³-hybridized carbons (Fsp3) is 0.562. The summed E-state index contributed by atoms with van der Waals surface area (Å²) in [6, 6.07) is 9.91. The fourth-order valence-corrected chi connectivity index (χ4v) is 2.41. The Morgan fingerprint density at radius 2 is 2.00 bits per heavy atom. The Bertz CT molecular complexity index is 400. The van der Waals surface area contributed by atoms with Crippen LogP contribution in [0.4, 0.5) is 0 Å². The van der Waals surface area contributed by atoms with E-state index in [1.165, 1.54) is 12.8 Å². The smallest absolute Gasteiger partial charge is 0.246 e. The Morgan fingerprint density at radius 1 is 1.30 bits per heavy atom. The number of nitrogens with zero attached hydrogens (tertiary/aromatic N) is 1. The lowest BCUT2D eigenvalue weighted by Gasteiger charge is -2.28. The van der Waals surface area contributed by atoms with Crippen molar-refractivity contribution >= 4 is 5.91 Å². The summed E-state index contributed by atoms with van der Waals surface area (Å²) in [4.78, 5) is 14.0. The van der Waals surface area contributed by atoms with Gasteiger partial charge in [-0.15, -0.1) is 0 Å². The number of hydrogen-bond acceptors (Lipinski definition) is 3. The van der Waals surface area contributed by atoms with Crippen molar-refractivity contribution in [2.45, 2.75) is 19.4 Å². The number of benzene rings is 1. The van der Waals surface area contributed by atoms with Crippen LogP contribution in [0.3, 0.4) is 0 Å². The third-order valence-electron chi connectivity index (χ3n) is 3.77. The number of likely N-dealkylation sites (tertiary alicyclic amines) is 1. The summed E-state index contributed by atoms with van der Waals surface area (Å²) in [5.74, 6) is 0.601. The van der Waals surface area contributed by atoms with E-state index >= 15 is 0 Å². The van der Waals surface area contributed by atoms with Crippen molar-refractivity contribution in [2.75, 3.05) is 33.3 Å². The molecule has 2 rings (SSSR count). The predicted octanol–water partition coefficient (Wildman–Crippen LogP) is 1.66. The third-order valence-corrected chi connectivity index (χ3v) is 3.77. The molecule has 1 aromatic rings. The minimum atomic E-state index is -0.0140. The lowest BCUT2D eigenvalue weighted by atomic mass is 9.97. The van der Waals surface area contributed by atoms with E-state index in [1.807, 2.05) is 30.3 Å². The molecule has 4 heteroatoms. The Morgan fingerprint density at radius 3 is 2.70 bits per heavy atom. The molecule has 0 aromatic heterocycles. The van der Waals surface area contributed by atoms with Gasteiger partial charge in [0, 0.05) is 6.54 Å². The molecule has 1 aliphatic rings. The number of ether oxygens (including phenoxy) is 1. The minimum Gasteiger partial charge on any atom is -0.367 e. The van der Waals surface area contributed by atoms with Gasteiger partial charge in [-0.25, -0.2) is 0 Å². The van der Waals surface area contributed by atoms with Crippen LogP contribution in [0, 0.1) is 5.92 Å². The zero-order valence-corrected chi connectivity index (χ0v) is 12.2. The quantitative estimate of drug-likeness (QED) is 0.859. The molecule has 0 radical (unpaired) electrons. The van der Waals surface area contributed by atoms with Gasteiger partial charge in [0.15, 0.2) is 0 Å². The van der Waals surface area contributed by atoms with Gasteiger partial charge in [0.05, 0.1) is 6.61 Å². The summed E-state index contributed by atoms with van der Waals surface area (Å²) in [7, 11) is 2.15. The van der Waals surface area contributed by atoms with Gasteiger partial charge in [-0.3, -0.25) is 4.79 Å². The van der Waals surface area contributed by atoms with Crippen LogP contribution in [0.5, 0.6) is 0 Å². The van der Waals surface area contributed by atoms with Crippen molar-refractivity contribution in [3.63, 3.8) is 0 Å². The number of carbonyl (C=O) groups is 1. The first-order valence-electron chi connectivity index (χ1n) is 7.31. The van der Waals surface area contributed by atoms with Crippen molar-refractivity contribution in [3.8, 4) is 0 Å². The number of nitrogens with one attached hydrogen (secondary N) is 1. The number of piperidine rings is 1. The highest BCUT2D eigenvalue weighted by molar-refractivity contribution is 5.77. The van der Waals surface area contributed by atoms with Gasteiger partial charge in [0.2, 0.25) is 5.91 Å². The molecule has 1 aliphatic heterocycles. The summed E-state index contributed by atoms with van der Waals surface area (Å²) < 4.78 is 5.42. The Kier molecular flexibility index (Phi) is 6.02. The summed E-state index contributed by atoms with van der Waals surface area (Å²) in [5.41, 5.74) is 1.09. The van der Waals surface area contributed by atoms with E-state index in [0.29, 0.717) is 12.5 Å². The van der Waals surface area contributed by atoms with Crippen molar-refractivity contribution < 1.29 is 9.53 Å². The second-order valence-electron chi connectivity index (χ2n) is 5.53. The molecule has 1 heterocycles. The highest BCUT2D eigenvalue weighted by atomic mass is 16.5. The second kappa shape index (κ2) is 8.02. The molecule has 1 amide bonds. The maximum Gasteiger partial charge on any atom is 0.246 e. The first kappa shape index (κ1) is 15.0. The highest BCUT2D eigenvalue weighted by Crippen LogP contribution is 2.14. The molecule has 0 bridgehead atoms. The fourth-order valence-electron chi connectivity index (χ4n) is 2.41. The molecule has 1 aromatic carbocycles. The van der Waals surface area contributed by atoms with Gasteiger partial charge < -0.3 is 15.0 Å². The largest absolute Gasteiger partial charge is 0.367 e. The van der Waals surface area contributed by atoms with Crippen LogP contribution >= 0.6 is 0 Å². The number of carbonyl (C=O) groups excluding carboxylic acids is 1. The highest BCUT2D eigenvalue weighted by Gasteiger charge is 2.16. The Hall–Kier alpha value is -1.39. The van der Waals surface area contributed by atoms with E-state index in [-0.39, 0.29) is 12.5 Å². The molecular weight excluding hydrogens is 252 g/mol. The van der Waals surface area contributed by atoms with E-state index < -0.39 is 0 Å². The minimum absolute atomic E-state index is 0.0140. The van der Waals surface area contributed by atoms with Gasteiger partial charge in [-0.05, 0) is 44.5 Å². The molecule has 1 saturated heterocycles. The first-order chi connectivity index (χ1) is 9.74. The van der Waals surface area contributed by atoms with Crippen molar-refractivity contribution in [1.82, 2.24) is 10.2 Å². The molecular formula is C16H24N2O2. The Labute approximate surface area is 121 Å². The summed E-state index contributed by atoms with van der Waals surface area (Å²) in [6.45, 7) is 3.67. The third kappa shape index (κ3) is 5.31. The predicted molar refractivity (Wildman–Crippen MR) is 79.3 cm³/mol. The van der Waals surface area contributed by atoms with E-state index in [4.69, 9.17) is 4.74 Å². The summed E-state index contributed by atoms with van der Waals surface area (Å²) in [5, 5.41) is 2.97. The van der Waals surface area contributed by atoms with E-state index in [9.17, 15) is 4.79 Å². The molecule has 1 N–H and O–H groups in total. The van der Waals surface area contributed by atoms with Crippen LogP contribution in [0.25, 0.3) is 0 Å². The van der Waals surface area contributed by atoms with Gasteiger partial charge >= 0.3 is 0 Å². The van der Waals surface area contributed by atoms with Gasteiger partial charge in [-0.1, -0.05) is 30.3 Å². The molecule has 0 atom stereocenters. The van der Waals surface area contributed by atoms with E-state index in [1.54, 1.807) is 0 Å². The Balaban J connectivity index is 1.56. The summed E-state index contributed by atoms with van der Waals surface area (Å²) in [6.07, 6.45) is 2.34. The van der Waals surface area contributed by atoms with Crippen LogP contribution in [0.15, 0.2) is 30.3 Å². The standard InChI is InChI=1S/C16H24N2O2/c1-18-9-7-14(8-10-18)11-17-16(19)13-20-12-15-5-3-2-4-6-15/h2-6,14H,7-13H2,1H3,(H,17,19). The first-order valence-corrected chi connectivity index (χ1v) is 7.31. The van der Waals surface area contributed by atoms with Gasteiger partial charge in [0.25, 0.3) is 0 Å². The zero-order valence-electron chi connectivity index (χ0n) is 12.2. The molecule has 0 unspecified atom stereocenters. The monoisotopic (exact) mass is 276 g/mol. The normalized spacial score (nSPS) is 17.1. The van der Waals surface area contributed by atoms with Crippen molar-refractivity contribution in [3.05, 3.63) is 35.9 Å². The molecule has 110 valence electrons. The molecule has 4 nitrogen and oxygen atoms in total. The lowest BCUT2D eigenvalue weighted by molar-refractivity contribution is -0.126. The van der Waals surface area contributed by atoms with E-state index in [0.717, 1.165) is 25.2 Å². The van der Waals surface area contributed by atoms with Crippen molar-refractivity contribution in [1.29, 1.82) is 0 Å². The van der Waals surface area contributed by atoms with Crippen LogP contribution < -0.4 is 5.32 Å². The molecule has 1 fully saturated rings. The maximum atomic E-state index is 11.7. The second-order valence-corrected chi connectivity index (χ2v) is 5.53. The maximum absolute atomic E-state index is 11.7.